The van der Waals surface area contributed by atoms with Crippen LogP contribution < -0.4 is 10.9 Å². The second kappa shape index (κ2) is 6.83. The summed E-state index contributed by atoms with van der Waals surface area (Å²) in [7, 11) is 1.78. The zero-order chi connectivity index (χ0) is 20.0. The average Bonchev–Trinajstić information content (AvgIpc) is 3.12. The summed E-state index contributed by atoms with van der Waals surface area (Å²) in [4.78, 5) is 13.3. The van der Waals surface area contributed by atoms with E-state index in [4.69, 9.17) is 16.0 Å². The lowest BCUT2D eigenvalue weighted by Gasteiger charge is -2.07. The van der Waals surface area contributed by atoms with E-state index in [9.17, 15) is 4.79 Å². The van der Waals surface area contributed by atoms with Crippen molar-refractivity contribution in [2.75, 3.05) is 5.32 Å². The lowest BCUT2D eigenvalue weighted by molar-refractivity contribution is 0.638. The molecular weight excluding hydrogens is 384 g/mol. The third-order valence-electron chi connectivity index (χ3n) is 5.08. The predicted molar refractivity (Wildman–Crippen MR) is 119 cm³/mol. The zero-order valence-electron chi connectivity index (χ0n) is 15.6. The Morgan fingerprint density at radius 2 is 1.69 bits per heavy atom. The molecule has 0 aliphatic rings. The molecule has 0 bridgehead atoms. The first-order chi connectivity index (χ1) is 14.1. The Morgan fingerprint density at radius 1 is 0.931 bits per heavy atom. The van der Waals surface area contributed by atoms with Crippen LogP contribution >= 0.6 is 11.6 Å². The van der Waals surface area contributed by atoms with Crippen LogP contribution in [0.2, 0.25) is 5.02 Å². The van der Waals surface area contributed by atoms with Gasteiger partial charge in [-0.3, -0.25) is 4.79 Å². The Balaban J connectivity index is 1.90. The van der Waals surface area contributed by atoms with E-state index < -0.39 is 0 Å². The number of furan rings is 1. The van der Waals surface area contributed by atoms with E-state index in [0.29, 0.717) is 27.4 Å². The number of pyridine rings is 1. The van der Waals surface area contributed by atoms with E-state index in [-0.39, 0.29) is 5.56 Å². The van der Waals surface area contributed by atoms with Gasteiger partial charge in [-0.15, -0.1) is 0 Å². The van der Waals surface area contributed by atoms with Crippen molar-refractivity contribution in [2.45, 2.75) is 0 Å². The molecule has 5 rings (SSSR count). The van der Waals surface area contributed by atoms with Gasteiger partial charge in [-0.05, 0) is 42.0 Å². The number of halogens is 1. The molecule has 0 amide bonds. The van der Waals surface area contributed by atoms with E-state index in [1.165, 1.54) is 0 Å². The van der Waals surface area contributed by atoms with Crippen LogP contribution in [0.1, 0.15) is 0 Å². The minimum Gasteiger partial charge on any atom is -0.439 e. The predicted octanol–water partition coefficient (Wildman–Crippen LogP) is 6.35. The molecule has 0 aliphatic carbocycles. The molecule has 0 aliphatic heterocycles. The standard InChI is InChI=1S/C24H17ClN2O2/c1-27-19-13-6-5-12-18(19)22-21(24(27)28)20(15-8-7-9-16(25)14-15)23(29-22)26-17-10-3-2-4-11-17/h2-14,26H,1H3. The second-order valence-corrected chi connectivity index (χ2v) is 7.33. The third kappa shape index (κ3) is 2.89. The van der Waals surface area contributed by atoms with Crippen molar-refractivity contribution in [1.82, 2.24) is 4.57 Å². The Morgan fingerprint density at radius 3 is 2.48 bits per heavy atom. The van der Waals surface area contributed by atoms with Crippen molar-refractivity contribution in [3.8, 4) is 11.1 Å². The molecule has 0 radical (unpaired) electrons. The highest BCUT2D eigenvalue weighted by Crippen LogP contribution is 2.41. The summed E-state index contributed by atoms with van der Waals surface area (Å²) in [5.41, 5.74) is 3.68. The lowest BCUT2D eigenvalue weighted by atomic mass is 10.0. The van der Waals surface area contributed by atoms with Crippen LogP contribution in [-0.4, -0.2) is 4.57 Å². The topological polar surface area (TPSA) is 47.2 Å². The van der Waals surface area contributed by atoms with Crippen molar-refractivity contribution in [1.29, 1.82) is 0 Å². The van der Waals surface area contributed by atoms with Gasteiger partial charge in [-0.25, -0.2) is 0 Å². The molecule has 4 nitrogen and oxygen atoms in total. The molecule has 5 heteroatoms. The highest BCUT2D eigenvalue weighted by Gasteiger charge is 2.22. The van der Waals surface area contributed by atoms with Crippen LogP contribution in [0.3, 0.4) is 0 Å². The molecule has 142 valence electrons. The summed E-state index contributed by atoms with van der Waals surface area (Å²) in [6.45, 7) is 0. The Bertz CT molecular complexity index is 1420. The van der Waals surface area contributed by atoms with Gasteiger partial charge in [0.1, 0.15) is 0 Å². The second-order valence-electron chi connectivity index (χ2n) is 6.89. The Kier molecular flexibility index (Phi) is 4.14. The van der Waals surface area contributed by atoms with E-state index >= 15 is 0 Å². The number of hydrogen-bond acceptors (Lipinski definition) is 3. The van der Waals surface area contributed by atoms with Gasteiger partial charge in [0.25, 0.3) is 5.56 Å². The maximum atomic E-state index is 13.3. The lowest BCUT2D eigenvalue weighted by Crippen LogP contribution is -2.17. The molecule has 2 heterocycles. The number of aromatic nitrogens is 1. The molecular formula is C24H17ClN2O2. The number of hydrogen-bond donors (Lipinski definition) is 1. The number of nitrogens with zero attached hydrogens (tertiary/aromatic N) is 1. The van der Waals surface area contributed by atoms with Gasteiger partial charge in [-0.1, -0.05) is 54.1 Å². The molecule has 3 aromatic carbocycles. The maximum Gasteiger partial charge on any atom is 0.262 e. The quantitative estimate of drug-likeness (QED) is 0.384. The molecule has 0 saturated heterocycles. The molecule has 29 heavy (non-hydrogen) atoms. The first kappa shape index (κ1) is 17.6. The maximum absolute atomic E-state index is 13.3. The molecule has 0 saturated carbocycles. The number of rotatable bonds is 3. The van der Waals surface area contributed by atoms with Gasteiger partial charge in [0, 0.05) is 23.1 Å². The normalized spacial score (nSPS) is 11.2. The molecule has 0 fully saturated rings. The summed E-state index contributed by atoms with van der Waals surface area (Å²) < 4.78 is 7.94. The third-order valence-corrected chi connectivity index (χ3v) is 5.32. The average molecular weight is 401 g/mol. The number of fused-ring (bicyclic) bond motifs is 3. The zero-order valence-corrected chi connectivity index (χ0v) is 16.4. The number of aryl methyl sites for hydroxylation is 1. The molecule has 0 unspecified atom stereocenters. The number of benzene rings is 3. The van der Waals surface area contributed by atoms with Crippen molar-refractivity contribution in [3.63, 3.8) is 0 Å². The number of para-hydroxylation sites is 2. The summed E-state index contributed by atoms with van der Waals surface area (Å²) in [5.74, 6) is 0.516. The summed E-state index contributed by atoms with van der Waals surface area (Å²) in [5, 5.41) is 5.35. The first-order valence-electron chi connectivity index (χ1n) is 9.26. The van der Waals surface area contributed by atoms with E-state index in [1.807, 2.05) is 78.9 Å². The van der Waals surface area contributed by atoms with Crippen molar-refractivity contribution in [2.24, 2.45) is 7.05 Å². The fourth-order valence-electron chi connectivity index (χ4n) is 3.72. The molecule has 1 N–H and O–H groups in total. The van der Waals surface area contributed by atoms with Gasteiger partial charge < -0.3 is 14.3 Å². The molecule has 0 spiro atoms. The summed E-state index contributed by atoms with van der Waals surface area (Å²) in [6.07, 6.45) is 0. The van der Waals surface area contributed by atoms with Crippen LogP contribution in [0.25, 0.3) is 33.0 Å². The SMILES string of the molecule is Cn1c(=O)c2c(-c3cccc(Cl)c3)c(Nc3ccccc3)oc2c2ccccc21. The van der Waals surface area contributed by atoms with E-state index in [0.717, 1.165) is 22.2 Å². The van der Waals surface area contributed by atoms with Gasteiger partial charge in [0.15, 0.2) is 5.58 Å². The number of anilines is 2. The van der Waals surface area contributed by atoms with Crippen molar-refractivity contribution in [3.05, 3.63) is 94.2 Å². The minimum absolute atomic E-state index is 0.112. The van der Waals surface area contributed by atoms with Crippen molar-refractivity contribution < 1.29 is 4.42 Å². The molecule has 5 aromatic rings. The monoisotopic (exact) mass is 400 g/mol. The summed E-state index contributed by atoms with van der Waals surface area (Å²) in [6, 6.07) is 24.9. The smallest absolute Gasteiger partial charge is 0.262 e. The van der Waals surface area contributed by atoms with Crippen LogP contribution in [0, 0.1) is 0 Å². The highest BCUT2D eigenvalue weighted by atomic mass is 35.5. The van der Waals surface area contributed by atoms with Crippen LogP contribution in [0.15, 0.2) is 88.1 Å². The van der Waals surface area contributed by atoms with Crippen LogP contribution in [0.4, 0.5) is 11.6 Å². The summed E-state index contributed by atoms with van der Waals surface area (Å²) >= 11 is 6.26. The fraction of sp³-hybridized carbons (Fsp3) is 0.0417. The molecule has 2 aromatic heterocycles. The van der Waals surface area contributed by atoms with Crippen LogP contribution in [0.5, 0.6) is 0 Å². The van der Waals surface area contributed by atoms with Crippen molar-refractivity contribution >= 4 is 45.0 Å². The minimum atomic E-state index is -0.112. The van der Waals surface area contributed by atoms with Gasteiger partial charge in [0.2, 0.25) is 5.88 Å². The first-order valence-corrected chi connectivity index (χ1v) is 9.63. The van der Waals surface area contributed by atoms with E-state index in [2.05, 4.69) is 5.32 Å². The number of nitrogens with one attached hydrogen (secondary N) is 1. The van der Waals surface area contributed by atoms with Crippen LogP contribution in [-0.2, 0) is 7.05 Å². The molecule has 0 atom stereocenters. The van der Waals surface area contributed by atoms with Gasteiger partial charge >= 0.3 is 0 Å². The van der Waals surface area contributed by atoms with E-state index in [1.54, 1.807) is 11.6 Å². The highest BCUT2D eigenvalue weighted by molar-refractivity contribution is 6.31. The Labute approximate surface area is 172 Å². The van der Waals surface area contributed by atoms with Gasteiger partial charge in [-0.2, -0.15) is 0 Å². The Hall–Kier alpha value is -3.50. The largest absolute Gasteiger partial charge is 0.439 e. The van der Waals surface area contributed by atoms with Gasteiger partial charge in [0.05, 0.1) is 16.5 Å². The fourth-order valence-corrected chi connectivity index (χ4v) is 3.91.